The summed E-state index contributed by atoms with van der Waals surface area (Å²) in [7, 11) is 0. The molecule has 0 aliphatic heterocycles. The van der Waals surface area contributed by atoms with Gasteiger partial charge in [-0.05, 0) is 0 Å². The average molecular weight is 209 g/mol. The molecule has 2 rings (SSSR count). The van der Waals surface area contributed by atoms with Gasteiger partial charge in [-0.15, -0.1) is 11.3 Å². The minimum atomic E-state index is 0.750. The Morgan fingerprint density at radius 1 is 1.57 bits per heavy atom. The molecule has 1 N–H and O–H groups in total. The molecule has 74 valence electrons. The summed E-state index contributed by atoms with van der Waals surface area (Å²) in [5.41, 5.74) is 1.82. The van der Waals surface area contributed by atoms with Crippen LogP contribution in [0.5, 0.6) is 0 Å². The van der Waals surface area contributed by atoms with Crippen molar-refractivity contribution in [1.82, 2.24) is 10.1 Å². The molecule has 0 saturated heterocycles. The van der Waals surface area contributed by atoms with E-state index in [2.05, 4.69) is 15.5 Å². The summed E-state index contributed by atoms with van der Waals surface area (Å²) in [4.78, 5) is 5.18. The van der Waals surface area contributed by atoms with Crippen LogP contribution >= 0.6 is 11.3 Å². The van der Waals surface area contributed by atoms with Crippen molar-refractivity contribution < 1.29 is 4.52 Å². The number of aryl methyl sites for hydroxylation is 1. The molecule has 0 saturated carbocycles. The maximum Gasteiger partial charge on any atom is 0.169 e. The number of nitrogens with one attached hydrogen (secondary N) is 1. The molecular weight excluding hydrogens is 198 g/mol. The van der Waals surface area contributed by atoms with E-state index in [1.807, 2.05) is 24.7 Å². The fraction of sp³-hybridized carbons (Fsp3) is 0.333. The monoisotopic (exact) mass is 209 g/mol. The van der Waals surface area contributed by atoms with Crippen LogP contribution in [0.15, 0.2) is 22.3 Å². The SMILES string of the molecule is CCc1cc(NCc2cncs2)no1. The summed E-state index contributed by atoms with van der Waals surface area (Å²) in [6, 6.07) is 1.92. The van der Waals surface area contributed by atoms with Crippen LogP contribution in [0.1, 0.15) is 17.6 Å². The molecular formula is C9H11N3OS. The summed E-state index contributed by atoms with van der Waals surface area (Å²) in [5, 5.41) is 7.05. The molecule has 0 atom stereocenters. The van der Waals surface area contributed by atoms with Gasteiger partial charge in [0.15, 0.2) is 5.82 Å². The number of hydrogen-bond donors (Lipinski definition) is 1. The van der Waals surface area contributed by atoms with Crippen LogP contribution in [-0.4, -0.2) is 10.1 Å². The van der Waals surface area contributed by atoms with E-state index in [4.69, 9.17) is 4.52 Å². The van der Waals surface area contributed by atoms with Crippen molar-refractivity contribution in [1.29, 1.82) is 0 Å². The first kappa shape index (κ1) is 9.21. The molecule has 2 heterocycles. The largest absolute Gasteiger partial charge is 0.362 e. The topological polar surface area (TPSA) is 51.0 Å². The quantitative estimate of drug-likeness (QED) is 0.839. The second kappa shape index (κ2) is 4.23. The van der Waals surface area contributed by atoms with Crippen LogP contribution in [0.4, 0.5) is 5.82 Å². The number of hydrogen-bond acceptors (Lipinski definition) is 5. The highest BCUT2D eigenvalue weighted by Gasteiger charge is 2.01. The number of aromatic nitrogens is 2. The fourth-order valence-electron chi connectivity index (χ4n) is 1.07. The first-order valence-corrected chi connectivity index (χ1v) is 5.33. The highest BCUT2D eigenvalue weighted by Crippen LogP contribution is 2.12. The molecule has 14 heavy (non-hydrogen) atoms. The lowest BCUT2D eigenvalue weighted by Gasteiger charge is -1.96. The van der Waals surface area contributed by atoms with Crippen LogP contribution in [0.3, 0.4) is 0 Å². The van der Waals surface area contributed by atoms with Gasteiger partial charge in [0.2, 0.25) is 0 Å². The third-order valence-electron chi connectivity index (χ3n) is 1.83. The highest BCUT2D eigenvalue weighted by molar-refractivity contribution is 7.09. The lowest BCUT2D eigenvalue weighted by Crippen LogP contribution is -1.96. The first-order valence-electron chi connectivity index (χ1n) is 4.45. The van der Waals surface area contributed by atoms with Crippen LogP contribution < -0.4 is 5.32 Å². The van der Waals surface area contributed by atoms with Gasteiger partial charge in [0.25, 0.3) is 0 Å². The maximum atomic E-state index is 5.06. The van der Waals surface area contributed by atoms with Crippen LogP contribution in [0.2, 0.25) is 0 Å². The van der Waals surface area contributed by atoms with Gasteiger partial charge in [-0.2, -0.15) is 0 Å². The summed E-state index contributed by atoms with van der Waals surface area (Å²) in [5.74, 6) is 1.69. The summed E-state index contributed by atoms with van der Waals surface area (Å²) in [6.45, 7) is 2.79. The molecule has 0 unspecified atom stereocenters. The molecule has 0 aliphatic carbocycles. The zero-order valence-electron chi connectivity index (χ0n) is 7.86. The average Bonchev–Trinajstić information content (AvgIpc) is 2.86. The minimum Gasteiger partial charge on any atom is -0.362 e. The Kier molecular flexibility index (Phi) is 2.78. The molecule has 2 aromatic heterocycles. The Morgan fingerprint density at radius 2 is 2.50 bits per heavy atom. The van der Waals surface area contributed by atoms with E-state index in [-0.39, 0.29) is 0 Å². The predicted molar refractivity (Wildman–Crippen MR) is 55.3 cm³/mol. The van der Waals surface area contributed by atoms with Gasteiger partial charge in [-0.25, -0.2) is 0 Å². The van der Waals surface area contributed by atoms with Gasteiger partial charge in [-0.1, -0.05) is 12.1 Å². The van der Waals surface area contributed by atoms with E-state index in [0.717, 1.165) is 24.5 Å². The lowest BCUT2D eigenvalue weighted by atomic mass is 10.3. The van der Waals surface area contributed by atoms with E-state index < -0.39 is 0 Å². The predicted octanol–water partition coefficient (Wildman–Crippen LogP) is 2.31. The number of rotatable bonds is 4. The van der Waals surface area contributed by atoms with Crippen LogP contribution in [0.25, 0.3) is 0 Å². The van der Waals surface area contributed by atoms with Crippen molar-refractivity contribution in [2.75, 3.05) is 5.32 Å². The summed E-state index contributed by atoms with van der Waals surface area (Å²) < 4.78 is 5.06. The third kappa shape index (κ3) is 2.11. The van der Waals surface area contributed by atoms with E-state index in [0.29, 0.717) is 0 Å². The van der Waals surface area contributed by atoms with Crippen molar-refractivity contribution in [3.63, 3.8) is 0 Å². The normalized spacial score (nSPS) is 10.4. The summed E-state index contributed by atoms with van der Waals surface area (Å²) >= 11 is 1.62. The second-order valence-electron chi connectivity index (χ2n) is 2.85. The molecule has 0 radical (unpaired) electrons. The van der Waals surface area contributed by atoms with Gasteiger partial charge in [-0.3, -0.25) is 4.98 Å². The maximum absolute atomic E-state index is 5.06. The smallest absolute Gasteiger partial charge is 0.169 e. The van der Waals surface area contributed by atoms with Crippen molar-refractivity contribution in [2.45, 2.75) is 19.9 Å². The molecule has 0 aliphatic rings. The van der Waals surface area contributed by atoms with E-state index in [1.165, 1.54) is 4.88 Å². The Labute approximate surface area is 86.0 Å². The Balaban J connectivity index is 1.92. The number of nitrogens with zero attached hydrogens (tertiary/aromatic N) is 2. The molecule has 0 spiro atoms. The van der Waals surface area contributed by atoms with Gasteiger partial charge < -0.3 is 9.84 Å². The molecule has 0 fully saturated rings. The second-order valence-corrected chi connectivity index (χ2v) is 3.82. The molecule has 2 aromatic rings. The van der Waals surface area contributed by atoms with Gasteiger partial charge >= 0.3 is 0 Å². The van der Waals surface area contributed by atoms with Crippen LogP contribution in [-0.2, 0) is 13.0 Å². The van der Waals surface area contributed by atoms with Crippen molar-refractivity contribution >= 4 is 17.2 Å². The lowest BCUT2D eigenvalue weighted by molar-refractivity contribution is 0.389. The van der Waals surface area contributed by atoms with Crippen LogP contribution in [0, 0.1) is 0 Å². The Morgan fingerprint density at radius 3 is 3.14 bits per heavy atom. The van der Waals surface area contributed by atoms with E-state index in [9.17, 15) is 0 Å². The summed E-state index contributed by atoms with van der Waals surface area (Å²) in [6.07, 6.45) is 2.72. The standard InChI is InChI=1S/C9H11N3OS/c1-2-7-3-9(12-13-7)11-5-8-4-10-6-14-8/h3-4,6H,2,5H2,1H3,(H,11,12). The molecule has 0 bridgehead atoms. The third-order valence-corrected chi connectivity index (χ3v) is 2.61. The number of thiazole rings is 1. The minimum absolute atomic E-state index is 0.750. The Bertz CT molecular complexity index is 382. The zero-order chi connectivity index (χ0) is 9.80. The van der Waals surface area contributed by atoms with Crippen molar-refractivity contribution in [3.8, 4) is 0 Å². The van der Waals surface area contributed by atoms with E-state index >= 15 is 0 Å². The molecule has 4 nitrogen and oxygen atoms in total. The number of anilines is 1. The fourth-order valence-corrected chi connectivity index (χ4v) is 1.60. The van der Waals surface area contributed by atoms with Gasteiger partial charge in [0.05, 0.1) is 12.1 Å². The molecule has 0 aromatic carbocycles. The first-order chi connectivity index (χ1) is 6.88. The Hall–Kier alpha value is -1.36. The molecule has 0 amide bonds. The van der Waals surface area contributed by atoms with Crippen molar-refractivity contribution in [3.05, 3.63) is 28.4 Å². The highest BCUT2D eigenvalue weighted by atomic mass is 32.1. The van der Waals surface area contributed by atoms with E-state index in [1.54, 1.807) is 11.3 Å². The van der Waals surface area contributed by atoms with Gasteiger partial charge in [0.1, 0.15) is 5.76 Å². The zero-order valence-corrected chi connectivity index (χ0v) is 8.67. The van der Waals surface area contributed by atoms with Gasteiger partial charge in [0, 0.05) is 23.6 Å². The van der Waals surface area contributed by atoms with Crippen molar-refractivity contribution in [2.24, 2.45) is 0 Å². The molecule has 5 heteroatoms.